The van der Waals surface area contributed by atoms with Crippen LogP contribution in [0.5, 0.6) is 11.6 Å². The summed E-state index contributed by atoms with van der Waals surface area (Å²) in [6.07, 6.45) is -1.59. The van der Waals surface area contributed by atoms with Gasteiger partial charge in [-0.15, -0.1) is 0 Å². The molecule has 0 bridgehead atoms. The van der Waals surface area contributed by atoms with Gasteiger partial charge in [0.1, 0.15) is 36.9 Å². The Balaban J connectivity index is 1.45. The molecule has 0 saturated heterocycles. The minimum absolute atomic E-state index is 0.0228. The summed E-state index contributed by atoms with van der Waals surface area (Å²) in [4.78, 5) is 45.5. The first-order valence-corrected chi connectivity index (χ1v) is 19.7. The van der Waals surface area contributed by atoms with Gasteiger partial charge in [-0.25, -0.2) is 14.2 Å². The van der Waals surface area contributed by atoms with Crippen molar-refractivity contribution in [2.75, 3.05) is 34.0 Å². The van der Waals surface area contributed by atoms with E-state index in [0.717, 1.165) is 16.7 Å². The first-order valence-electron chi connectivity index (χ1n) is 19.3. The maximum Gasteiger partial charge on any atom is 0.407 e. The lowest BCUT2D eigenvalue weighted by atomic mass is 9.85. The molecule has 59 heavy (non-hydrogen) atoms. The van der Waals surface area contributed by atoms with E-state index in [2.05, 4.69) is 20.9 Å². The van der Waals surface area contributed by atoms with Crippen LogP contribution in [0.4, 0.5) is 9.18 Å². The number of alkyl carbamates (subject to hydrolysis) is 1. The number of nitrogens with one attached hydrogen (secondary N) is 3. The quantitative estimate of drug-likeness (QED) is 0.0844. The molecule has 6 atom stereocenters. The van der Waals surface area contributed by atoms with E-state index in [4.69, 9.17) is 30.5 Å². The molecule has 0 unspecified atom stereocenters. The number of aliphatic hydroxyl groups is 2. The average molecular weight is 835 g/mol. The van der Waals surface area contributed by atoms with Crippen molar-refractivity contribution in [2.45, 2.75) is 70.4 Å². The van der Waals surface area contributed by atoms with Crippen LogP contribution in [0.1, 0.15) is 49.9 Å². The molecule has 1 aliphatic rings. The van der Waals surface area contributed by atoms with Crippen LogP contribution in [0.3, 0.4) is 0 Å². The van der Waals surface area contributed by atoms with Crippen LogP contribution in [-0.4, -0.2) is 91.4 Å². The molecule has 0 spiro atoms. The van der Waals surface area contributed by atoms with E-state index >= 15 is 0 Å². The number of hydrogen-bond donors (Lipinski definition) is 5. The molecular formula is C44H52ClFN4O9. The highest BCUT2D eigenvalue weighted by molar-refractivity contribution is 6.31. The van der Waals surface area contributed by atoms with Crippen molar-refractivity contribution in [1.82, 2.24) is 20.9 Å². The minimum atomic E-state index is -1.33. The van der Waals surface area contributed by atoms with Gasteiger partial charge in [-0.3, -0.25) is 9.59 Å². The number of pyridine rings is 1. The molecule has 0 fully saturated rings. The number of methoxy groups -OCH3 is 2. The number of carbonyl (C=O) groups excluding carboxylic acids is 3. The molecular weight excluding hydrogens is 783 g/mol. The fourth-order valence-corrected chi connectivity index (χ4v) is 7.06. The fourth-order valence-electron chi connectivity index (χ4n) is 6.85. The van der Waals surface area contributed by atoms with E-state index in [1.165, 1.54) is 32.4 Å². The zero-order valence-corrected chi connectivity index (χ0v) is 34.5. The highest BCUT2D eigenvalue weighted by Gasteiger charge is 2.38. The third-order valence-electron chi connectivity index (χ3n) is 10.1. The number of aromatic nitrogens is 1. The van der Waals surface area contributed by atoms with E-state index in [9.17, 15) is 29.0 Å². The zero-order valence-electron chi connectivity index (χ0n) is 33.7. The Morgan fingerprint density at radius 1 is 0.949 bits per heavy atom. The second kappa shape index (κ2) is 20.6. The van der Waals surface area contributed by atoms with E-state index < -0.39 is 65.4 Å². The third kappa shape index (κ3) is 12.4. The largest absolute Gasteiger partial charge is 0.490 e. The summed E-state index contributed by atoms with van der Waals surface area (Å²) in [5.74, 6) is -1.83. The molecule has 3 amide bonds. The van der Waals surface area contributed by atoms with Crippen molar-refractivity contribution in [3.8, 4) is 22.8 Å². The number of carbonyl (C=O) groups is 3. The molecule has 1 aromatic heterocycles. The van der Waals surface area contributed by atoms with E-state index in [1.807, 2.05) is 30.3 Å². The molecule has 316 valence electrons. The van der Waals surface area contributed by atoms with Gasteiger partial charge < -0.3 is 45.1 Å². The van der Waals surface area contributed by atoms with Gasteiger partial charge in [0.15, 0.2) is 0 Å². The van der Waals surface area contributed by atoms with Crippen LogP contribution in [-0.2, 0) is 31.9 Å². The van der Waals surface area contributed by atoms with Gasteiger partial charge in [-0.05, 0) is 71.7 Å². The molecule has 13 nitrogen and oxygen atoms in total. The first-order chi connectivity index (χ1) is 28.2. The van der Waals surface area contributed by atoms with Gasteiger partial charge in [0.2, 0.25) is 17.7 Å². The number of benzene rings is 3. The fraction of sp³-hybridized carbons (Fsp3) is 0.409. The molecule has 0 saturated carbocycles. The van der Waals surface area contributed by atoms with Crippen LogP contribution >= 0.6 is 11.6 Å². The number of hydrogen-bond acceptors (Lipinski definition) is 10. The van der Waals surface area contributed by atoms with Crippen molar-refractivity contribution in [1.29, 1.82) is 0 Å². The molecule has 4 aromatic rings. The molecule has 1 aliphatic heterocycles. The second-order valence-corrected chi connectivity index (χ2v) is 15.9. The van der Waals surface area contributed by atoms with Crippen molar-refractivity contribution in [2.24, 2.45) is 11.3 Å². The number of ether oxygens (including phenoxy) is 4. The van der Waals surface area contributed by atoms with Crippen LogP contribution in [0, 0.1) is 17.2 Å². The number of nitrogens with zero attached hydrogens (tertiary/aromatic N) is 1. The van der Waals surface area contributed by atoms with Gasteiger partial charge >= 0.3 is 6.09 Å². The third-order valence-corrected chi connectivity index (χ3v) is 10.5. The van der Waals surface area contributed by atoms with E-state index in [-0.39, 0.29) is 44.6 Å². The highest BCUT2D eigenvalue weighted by Crippen LogP contribution is 2.34. The van der Waals surface area contributed by atoms with Gasteiger partial charge in [0, 0.05) is 41.4 Å². The maximum atomic E-state index is 14.4. The number of halogens is 2. The Morgan fingerprint density at radius 2 is 1.68 bits per heavy atom. The highest BCUT2D eigenvalue weighted by atomic mass is 35.5. The van der Waals surface area contributed by atoms with Crippen LogP contribution in [0.15, 0.2) is 85.1 Å². The van der Waals surface area contributed by atoms with Crippen molar-refractivity contribution in [3.63, 3.8) is 0 Å². The lowest BCUT2D eigenvalue weighted by molar-refractivity contribution is -0.128. The Hall–Kier alpha value is -5.28. The maximum absolute atomic E-state index is 14.4. The van der Waals surface area contributed by atoms with Crippen LogP contribution in [0.2, 0.25) is 5.02 Å². The lowest BCUT2D eigenvalue weighted by Gasteiger charge is -2.34. The number of fused-ring (bicyclic) bond motifs is 1. The summed E-state index contributed by atoms with van der Waals surface area (Å²) < 4.78 is 35.3. The summed E-state index contributed by atoms with van der Waals surface area (Å²) in [5, 5.41) is 32.0. The molecule has 3 aromatic carbocycles. The van der Waals surface area contributed by atoms with Gasteiger partial charge in [-0.1, -0.05) is 74.8 Å². The number of aliphatic hydroxyl groups excluding tert-OH is 2. The SMILES string of the molecule is COCCOC(=O)N[C@H](C(=O)N[C@@H](Cc1ccc(-c2ccc(OC)nc2)cc1)[C@@H](O)C[C@@H](Cc1ccccc1Cl)C(=O)N[C@H]1c2cc(F)ccc2OC[C@H]1O)C(C)(C)C. The number of rotatable bonds is 17. The zero-order chi connectivity index (χ0) is 42.7. The monoisotopic (exact) mass is 834 g/mol. The molecule has 5 N–H and O–H groups in total. The van der Waals surface area contributed by atoms with Crippen molar-refractivity contribution in [3.05, 3.63) is 113 Å². The second-order valence-electron chi connectivity index (χ2n) is 15.5. The van der Waals surface area contributed by atoms with Crippen molar-refractivity contribution < 1.29 is 47.9 Å². The smallest absolute Gasteiger partial charge is 0.407 e. The molecule has 0 aliphatic carbocycles. The first kappa shape index (κ1) is 44.8. The Kier molecular flexibility index (Phi) is 15.7. The summed E-state index contributed by atoms with van der Waals surface area (Å²) in [5.41, 5.74) is 2.60. The van der Waals surface area contributed by atoms with Crippen LogP contribution < -0.4 is 25.4 Å². The Labute approximate surface area is 348 Å². The van der Waals surface area contributed by atoms with Gasteiger partial charge in [0.25, 0.3) is 0 Å². The Morgan fingerprint density at radius 3 is 2.34 bits per heavy atom. The normalized spacial score (nSPS) is 17.0. The summed E-state index contributed by atoms with van der Waals surface area (Å²) in [6, 6.07) is 19.0. The molecule has 2 heterocycles. The standard InChI is InChI=1S/C44H52ClFN4O9/c1-44(2,3)40(50-43(55)58-19-18-56-4)42(54)48-34(20-26-10-12-27(13-11-26)29-14-17-38(57-5)47-24-29)35(51)22-30(21-28-8-6-7-9-33(28)45)41(53)49-39-32-23-31(46)15-16-37(32)59-25-36(39)52/h6-17,23-24,30,34-36,39-40,51-52H,18-22,25H2,1-5H3,(H,48,54)(H,49,53)(H,50,55)/t30-,34+,35+,36-,39+,40-/m1/s1. The Bertz CT molecular complexity index is 2030. The topological polar surface area (TPSA) is 178 Å². The average Bonchev–Trinajstić information content (AvgIpc) is 3.21. The lowest BCUT2D eigenvalue weighted by Crippen LogP contribution is -2.58. The predicted molar refractivity (Wildman–Crippen MR) is 220 cm³/mol. The van der Waals surface area contributed by atoms with Gasteiger partial charge in [-0.2, -0.15) is 0 Å². The summed E-state index contributed by atoms with van der Waals surface area (Å²) in [6.45, 7) is 5.36. The predicted octanol–water partition coefficient (Wildman–Crippen LogP) is 5.59. The minimum Gasteiger partial charge on any atom is -0.490 e. The van der Waals surface area contributed by atoms with E-state index in [0.29, 0.717) is 22.2 Å². The molecule has 5 rings (SSSR count). The van der Waals surface area contributed by atoms with Crippen LogP contribution in [0.25, 0.3) is 11.1 Å². The van der Waals surface area contributed by atoms with E-state index in [1.54, 1.807) is 57.3 Å². The van der Waals surface area contributed by atoms with Gasteiger partial charge in [0.05, 0.1) is 31.9 Å². The summed E-state index contributed by atoms with van der Waals surface area (Å²) >= 11 is 6.57. The summed E-state index contributed by atoms with van der Waals surface area (Å²) in [7, 11) is 3.01. The molecule has 0 radical (unpaired) electrons. The number of amides is 3. The van der Waals surface area contributed by atoms with Crippen molar-refractivity contribution >= 4 is 29.5 Å². The molecule has 15 heteroatoms.